The molecule has 9 rings (SSSR count). The van der Waals surface area contributed by atoms with Gasteiger partial charge in [0.2, 0.25) is 5.71 Å². The van der Waals surface area contributed by atoms with Gasteiger partial charge in [-0.05, 0) is 91.0 Å². The van der Waals surface area contributed by atoms with Crippen molar-refractivity contribution >= 4 is 65.6 Å². The fourth-order valence-corrected chi connectivity index (χ4v) is 6.28. The molecule has 2 heterocycles. The summed E-state index contributed by atoms with van der Waals surface area (Å²) in [5.41, 5.74) is 8.52. The number of nitrogens with zero attached hydrogens (tertiary/aromatic N) is 2. The molecule has 0 amide bonds. The van der Waals surface area contributed by atoms with Gasteiger partial charge in [0.15, 0.2) is 0 Å². The van der Waals surface area contributed by atoms with Gasteiger partial charge in [-0.2, -0.15) is 0 Å². The van der Waals surface area contributed by atoms with Gasteiger partial charge < -0.3 is 4.42 Å². The Hall–Kier alpha value is -5.54. The Bertz CT molecular complexity index is 2450. The first kappa shape index (κ1) is 22.3. The van der Waals surface area contributed by atoms with Crippen LogP contribution in [0.2, 0.25) is 0 Å². The van der Waals surface area contributed by atoms with Crippen molar-refractivity contribution < 1.29 is 4.42 Å². The summed E-state index contributed by atoms with van der Waals surface area (Å²) in [4.78, 5) is 9.59. The zero-order valence-corrected chi connectivity index (χ0v) is 22.0. The van der Waals surface area contributed by atoms with E-state index in [1.54, 1.807) is 0 Å². The van der Waals surface area contributed by atoms with E-state index in [0.29, 0.717) is 5.71 Å². The summed E-state index contributed by atoms with van der Waals surface area (Å²) in [6.07, 6.45) is 0. The van der Waals surface area contributed by atoms with Gasteiger partial charge in [-0.15, -0.1) is 0 Å². The molecule has 0 aliphatic heterocycles. The topological polar surface area (TPSA) is 38.9 Å². The second-order valence-electron chi connectivity index (χ2n) is 10.6. The van der Waals surface area contributed by atoms with Crippen LogP contribution in [0.1, 0.15) is 0 Å². The van der Waals surface area contributed by atoms with Crippen LogP contribution in [0.15, 0.2) is 138 Å². The largest absolute Gasteiger partial charge is 0.436 e. The number of para-hydroxylation sites is 2. The first-order valence-electron chi connectivity index (χ1n) is 13.8. The molecule has 0 bridgehead atoms. The van der Waals surface area contributed by atoms with Crippen molar-refractivity contribution in [3.05, 3.63) is 133 Å². The van der Waals surface area contributed by atoms with Crippen LogP contribution in [0.25, 0.3) is 87.8 Å². The highest BCUT2D eigenvalue weighted by Crippen LogP contribution is 2.38. The van der Waals surface area contributed by atoms with Crippen LogP contribution >= 0.6 is 0 Å². The molecule has 0 aliphatic rings. The highest BCUT2D eigenvalue weighted by molar-refractivity contribution is 6.25. The molecule has 7 aromatic carbocycles. The van der Waals surface area contributed by atoms with Crippen LogP contribution in [0.3, 0.4) is 0 Å². The number of hydrogen-bond acceptors (Lipinski definition) is 3. The van der Waals surface area contributed by atoms with E-state index in [1.165, 1.54) is 43.4 Å². The second kappa shape index (κ2) is 8.48. The number of rotatable bonds is 2. The Labute approximate surface area is 235 Å². The number of aromatic nitrogens is 2. The number of benzene rings is 7. The van der Waals surface area contributed by atoms with Crippen LogP contribution in [0.4, 0.5) is 0 Å². The number of furan rings is 1. The lowest BCUT2D eigenvalue weighted by molar-refractivity contribution is 0.655. The molecule has 0 saturated heterocycles. The lowest BCUT2D eigenvalue weighted by atomic mass is 9.91. The smallest absolute Gasteiger partial charge is 0.246 e. The van der Waals surface area contributed by atoms with Crippen molar-refractivity contribution in [3.63, 3.8) is 0 Å². The number of hydrogen-bond donors (Lipinski definition) is 0. The highest BCUT2D eigenvalue weighted by Gasteiger charge is 2.14. The molecular weight excluding hydrogens is 500 g/mol. The third-order valence-corrected chi connectivity index (χ3v) is 8.25. The van der Waals surface area contributed by atoms with E-state index in [4.69, 9.17) is 14.4 Å². The second-order valence-corrected chi connectivity index (χ2v) is 10.6. The van der Waals surface area contributed by atoms with Gasteiger partial charge in [-0.1, -0.05) is 97.1 Å². The molecule has 41 heavy (non-hydrogen) atoms. The van der Waals surface area contributed by atoms with Gasteiger partial charge >= 0.3 is 0 Å². The van der Waals surface area contributed by atoms with Crippen molar-refractivity contribution in [2.24, 2.45) is 0 Å². The van der Waals surface area contributed by atoms with Gasteiger partial charge in [0.1, 0.15) is 11.1 Å². The molecule has 0 spiro atoms. The predicted octanol–water partition coefficient (Wildman–Crippen LogP) is 10.3. The van der Waals surface area contributed by atoms with Gasteiger partial charge in [-0.3, -0.25) is 0 Å². The average Bonchev–Trinajstić information content (AvgIpc) is 3.40. The molecule has 3 heteroatoms. The van der Waals surface area contributed by atoms with Crippen molar-refractivity contribution in [1.29, 1.82) is 0 Å². The Morgan fingerprint density at radius 2 is 0.878 bits per heavy atom. The highest BCUT2D eigenvalue weighted by atomic mass is 16.3. The van der Waals surface area contributed by atoms with Crippen LogP contribution in [0, 0.1) is 0 Å². The molecular formula is C38H22N2O. The van der Waals surface area contributed by atoms with Crippen LogP contribution < -0.4 is 0 Å². The van der Waals surface area contributed by atoms with Gasteiger partial charge in [-0.25, -0.2) is 9.97 Å². The molecule has 0 saturated carbocycles. The monoisotopic (exact) mass is 522 g/mol. The summed E-state index contributed by atoms with van der Waals surface area (Å²) >= 11 is 0. The minimum atomic E-state index is 0.570. The SMILES string of the molecule is c1cc(-c2ccc3c4ccccc4c4ccccc4c3c2)cc(-c2ccc3oc4nc5ccccc5nc4c3c2)c1. The molecule has 0 unspecified atom stereocenters. The maximum Gasteiger partial charge on any atom is 0.246 e. The van der Waals surface area contributed by atoms with Crippen molar-refractivity contribution in [2.75, 3.05) is 0 Å². The van der Waals surface area contributed by atoms with E-state index < -0.39 is 0 Å². The molecule has 9 aromatic rings. The van der Waals surface area contributed by atoms with Crippen molar-refractivity contribution in [2.45, 2.75) is 0 Å². The third kappa shape index (κ3) is 3.39. The van der Waals surface area contributed by atoms with Crippen LogP contribution in [-0.2, 0) is 0 Å². The lowest BCUT2D eigenvalue weighted by Crippen LogP contribution is -1.86. The molecule has 2 aromatic heterocycles. The predicted molar refractivity (Wildman–Crippen MR) is 170 cm³/mol. The molecule has 190 valence electrons. The maximum absolute atomic E-state index is 6.08. The van der Waals surface area contributed by atoms with E-state index in [0.717, 1.165) is 38.6 Å². The quantitative estimate of drug-likeness (QED) is 0.212. The Morgan fingerprint density at radius 1 is 0.366 bits per heavy atom. The van der Waals surface area contributed by atoms with Crippen molar-refractivity contribution in [1.82, 2.24) is 9.97 Å². The molecule has 0 N–H and O–H groups in total. The van der Waals surface area contributed by atoms with Gasteiger partial charge in [0.25, 0.3) is 0 Å². The third-order valence-electron chi connectivity index (χ3n) is 8.25. The van der Waals surface area contributed by atoms with Crippen molar-refractivity contribution in [3.8, 4) is 22.3 Å². The summed E-state index contributed by atoms with van der Waals surface area (Å²) in [7, 11) is 0. The summed E-state index contributed by atoms with van der Waals surface area (Å²) < 4.78 is 6.08. The van der Waals surface area contributed by atoms with Crippen LogP contribution in [0.5, 0.6) is 0 Å². The Balaban J connectivity index is 1.20. The zero-order chi connectivity index (χ0) is 26.9. The van der Waals surface area contributed by atoms with E-state index in [-0.39, 0.29) is 0 Å². The summed E-state index contributed by atoms with van der Waals surface area (Å²) in [5.74, 6) is 0. The molecule has 3 nitrogen and oxygen atoms in total. The Morgan fingerprint density at radius 3 is 1.56 bits per heavy atom. The fraction of sp³-hybridized carbons (Fsp3) is 0. The van der Waals surface area contributed by atoms with E-state index in [9.17, 15) is 0 Å². The minimum absolute atomic E-state index is 0.570. The normalized spacial score (nSPS) is 11.9. The Kier molecular flexibility index (Phi) is 4.61. The zero-order valence-electron chi connectivity index (χ0n) is 22.0. The van der Waals surface area contributed by atoms with Gasteiger partial charge in [0.05, 0.1) is 11.0 Å². The summed E-state index contributed by atoms with van der Waals surface area (Å²) in [5, 5.41) is 8.70. The van der Waals surface area contributed by atoms with Crippen LogP contribution in [-0.4, -0.2) is 9.97 Å². The van der Waals surface area contributed by atoms with E-state index in [1.807, 2.05) is 30.3 Å². The molecule has 0 fully saturated rings. The number of fused-ring (bicyclic) bond motifs is 10. The molecule has 0 aliphatic carbocycles. The first-order chi connectivity index (χ1) is 20.3. The average molecular weight is 523 g/mol. The summed E-state index contributed by atoms with van der Waals surface area (Å²) in [6, 6.07) is 47.3. The molecule has 0 atom stereocenters. The van der Waals surface area contributed by atoms with E-state index >= 15 is 0 Å². The minimum Gasteiger partial charge on any atom is -0.436 e. The van der Waals surface area contributed by atoms with E-state index in [2.05, 4.69) is 103 Å². The van der Waals surface area contributed by atoms with Gasteiger partial charge in [0, 0.05) is 5.39 Å². The summed E-state index contributed by atoms with van der Waals surface area (Å²) in [6.45, 7) is 0. The lowest BCUT2D eigenvalue weighted by Gasteiger charge is -2.12. The molecule has 0 radical (unpaired) electrons. The first-order valence-corrected chi connectivity index (χ1v) is 13.8. The standard InChI is InChI=1S/C38H22N2O/c1-2-12-29-27(10-1)28-11-3-4-13-30(28)32-21-25(16-18-31(29)32)23-8-7-9-24(20-23)26-17-19-36-33(22-26)37-38(41-36)40-35-15-6-5-14-34(35)39-37/h1-22H. The maximum atomic E-state index is 6.08. The fourth-order valence-electron chi connectivity index (χ4n) is 6.28.